The third-order valence-electron chi connectivity index (χ3n) is 6.40. The van der Waals surface area contributed by atoms with E-state index < -0.39 is 0 Å². The summed E-state index contributed by atoms with van der Waals surface area (Å²) in [5.74, 6) is 0.881. The highest BCUT2D eigenvalue weighted by Gasteiger charge is 2.29. The minimum absolute atomic E-state index is 0.299. The molecule has 26 heavy (non-hydrogen) atoms. The predicted octanol–water partition coefficient (Wildman–Crippen LogP) is 3.05. The lowest BCUT2D eigenvalue weighted by molar-refractivity contribution is 0.0399. The first kappa shape index (κ1) is 19.8. The van der Waals surface area contributed by atoms with E-state index in [0.29, 0.717) is 12.6 Å². The molecule has 148 valence electrons. The van der Waals surface area contributed by atoms with Gasteiger partial charge in [-0.25, -0.2) is 0 Å². The molecular weight excluding hydrogens is 324 g/mol. The first-order valence-electron chi connectivity index (χ1n) is 10.8. The summed E-state index contributed by atoms with van der Waals surface area (Å²) in [7, 11) is 0. The van der Waals surface area contributed by atoms with Gasteiger partial charge in [0, 0.05) is 63.2 Å². The van der Waals surface area contributed by atoms with Gasteiger partial charge >= 0.3 is 0 Å². The van der Waals surface area contributed by atoms with Crippen molar-refractivity contribution in [2.75, 3.05) is 32.8 Å². The van der Waals surface area contributed by atoms with E-state index in [1.807, 2.05) is 0 Å². The summed E-state index contributed by atoms with van der Waals surface area (Å²) in [6.07, 6.45) is 11.1. The highest BCUT2D eigenvalue weighted by atomic mass is 16.3. The first-order valence-corrected chi connectivity index (χ1v) is 10.8. The van der Waals surface area contributed by atoms with Crippen LogP contribution in [0.2, 0.25) is 0 Å². The summed E-state index contributed by atoms with van der Waals surface area (Å²) in [5, 5.41) is 14.1. The maximum Gasteiger partial charge on any atom is 0.0537 e. The summed E-state index contributed by atoms with van der Waals surface area (Å²) in [6, 6.07) is 0.502. The number of aliphatic hydroxyl groups excluding tert-OH is 1. The summed E-state index contributed by atoms with van der Waals surface area (Å²) < 4.78 is 2.14. The van der Waals surface area contributed by atoms with E-state index in [4.69, 9.17) is 0 Å². The molecule has 1 aliphatic carbocycles. The molecule has 1 saturated heterocycles. The molecule has 2 heterocycles. The second-order valence-corrected chi connectivity index (χ2v) is 8.38. The van der Waals surface area contributed by atoms with Crippen molar-refractivity contribution in [2.24, 2.45) is 5.92 Å². The van der Waals surface area contributed by atoms with Crippen molar-refractivity contribution in [1.29, 1.82) is 0 Å². The van der Waals surface area contributed by atoms with Crippen molar-refractivity contribution in [1.82, 2.24) is 19.6 Å². The largest absolute Gasteiger partial charge is 0.396 e. The number of aliphatic hydroxyl groups is 1. The van der Waals surface area contributed by atoms with Crippen molar-refractivity contribution in [3.8, 4) is 0 Å². The van der Waals surface area contributed by atoms with E-state index in [1.165, 1.54) is 49.9 Å². The van der Waals surface area contributed by atoms with Crippen LogP contribution in [0.25, 0.3) is 0 Å². The molecule has 1 aliphatic heterocycles. The molecular formula is C21H38N4O. The van der Waals surface area contributed by atoms with Crippen LogP contribution in [-0.2, 0) is 13.1 Å². The minimum atomic E-state index is 0.299. The van der Waals surface area contributed by atoms with Crippen molar-refractivity contribution >= 4 is 0 Å². The zero-order valence-corrected chi connectivity index (χ0v) is 16.9. The second-order valence-electron chi connectivity index (χ2n) is 8.38. The zero-order chi connectivity index (χ0) is 18.4. The summed E-state index contributed by atoms with van der Waals surface area (Å²) in [4.78, 5) is 5.24. The molecule has 1 atom stereocenters. The predicted molar refractivity (Wildman–Crippen MR) is 106 cm³/mol. The highest BCUT2D eigenvalue weighted by Crippen LogP contribution is 2.26. The van der Waals surface area contributed by atoms with Crippen molar-refractivity contribution in [3.63, 3.8) is 0 Å². The van der Waals surface area contributed by atoms with Gasteiger partial charge in [0.2, 0.25) is 0 Å². The van der Waals surface area contributed by atoms with E-state index in [2.05, 4.69) is 39.6 Å². The number of aryl methyl sites for hydroxylation is 1. The molecule has 0 radical (unpaired) electrons. The van der Waals surface area contributed by atoms with Gasteiger partial charge in [0.25, 0.3) is 0 Å². The quantitative estimate of drug-likeness (QED) is 0.772. The molecule has 0 amide bonds. The van der Waals surface area contributed by atoms with E-state index >= 15 is 0 Å². The van der Waals surface area contributed by atoms with Gasteiger partial charge in [-0.05, 0) is 38.5 Å². The van der Waals surface area contributed by atoms with Crippen LogP contribution in [0.4, 0.5) is 0 Å². The average molecular weight is 363 g/mol. The Morgan fingerprint density at radius 1 is 1.19 bits per heavy atom. The summed E-state index contributed by atoms with van der Waals surface area (Å²) in [5.41, 5.74) is 2.68. The Bertz CT molecular complexity index is 538. The standard InChI is InChI=1S/C21H38N4O/c1-3-10-25-18(2)20(14-22-25)16-23-11-12-24(21(17-23)9-13-26)15-19-7-5-4-6-8-19/h14,19,21,26H,3-13,15-17H2,1-2H3/t21-/m1/s1. The number of piperazine rings is 1. The Morgan fingerprint density at radius 3 is 2.73 bits per heavy atom. The number of rotatable bonds is 8. The number of aromatic nitrogens is 2. The Balaban J connectivity index is 1.56. The third kappa shape index (κ3) is 5.08. The lowest BCUT2D eigenvalue weighted by Crippen LogP contribution is -2.54. The van der Waals surface area contributed by atoms with Crippen molar-refractivity contribution < 1.29 is 5.11 Å². The van der Waals surface area contributed by atoms with Gasteiger partial charge in [-0.3, -0.25) is 14.5 Å². The zero-order valence-electron chi connectivity index (χ0n) is 16.9. The minimum Gasteiger partial charge on any atom is -0.396 e. The molecule has 0 unspecified atom stereocenters. The molecule has 2 aliphatic rings. The van der Waals surface area contributed by atoms with Crippen LogP contribution in [0.3, 0.4) is 0 Å². The lowest BCUT2D eigenvalue weighted by atomic mass is 9.88. The van der Waals surface area contributed by atoms with E-state index in [0.717, 1.165) is 51.5 Å². The monoisotopic (exact) mass is 362 g/mol. The maximum absolute atomic E-state index is 9.57. The Morgan fingerprint density at radius 2 is 2.00 bits per heavy atom. The first-order chi connectivity index (χ1) is 12.7. The Labute approximate surface area is 159 Å². The molecule has 1 aromatic heterocycles. The molecule has 1 saturated carbocycles. The van der Waals surface area contributed by atoms with Gasteiger partial charge in [0.15, 0.2) is 0 Å². The fourth-order valence-electron chi connectivity index (χ4n) is 4.78. The van der Waals surface area contributed by atoms with Crippen LogP contribution < -0.4 is 0 Å². The molecule has 1 aromatic rings. The van der Waals surface area contributed by atoms with Crippen LogP contribution in [0.5, 0.6) is 0 Å². The summed E-state index contributed by atoms with van der Waals surface area (Å²) >= 11 is 0. The van der Waals surface area contributed by atoms with E-state index in [-0.39, 0.29) is 0 Å². The normalized spacial score (nSPS) is 23.6. The molecule has 5 heteroatoms. The molecule has 3 rings (SSSR count). The van der Waals surface area contributed by atoms with Crippen LogP contribution >= 0.6 is 0 Å². The van der Waals surface area contributed by atoms with E-state index in [1.54, 1.807) is 0 Å². The van der Waals surface area contributed by atoms with Gasteiger partial charge in [-0.2, -0.15) is 5.10 Å². The van der Waals surface area contributed by atoms with Crippen LogP contribution in [0.15, 0.2) is 6.20 Å². The highest BCUT2D eigenvalue weighted by molar-refractivity contribution is 5.16. The fraction of sp³-hybridized carbons (Fsp3) is 0.857. The van der Waals surface area contributed by atoms with Crippen LogP contribution in [0.1, 0.15) is 63.1 Å². The van der Waals surface area contributed by atoms with Gasteiger partial charge < -0.3 is 5.11 Å². The molecule has 1 N–H and O–H groups in total. The Kier molecular flexibility index (Phi) is 7.52. The van der Waals surface area contributed by atoms with Gasteiger partial charge in [-0.15, -0.1) is 0 Å². The topological polar surface area (TPSA) is 44.5 Å². The van der Waals surface area contributed by atoms with E-state index in [9.17, 15) is 5.11 Å². The van der Waals surface area contributed by atoms with Crippen LogP contribution in [-0.4, -0.2) is 63.5 Å². The van der Waals surface area contributed by atoms with Gasteiger partial charge in [0.1, 0.15) is 0 Å². The smallest absolute Gasteiger partial charge is 0.0537 e. The SMILES string of the molecule is CCCn1ncc(CN2CCN(CC3CCCCC3)[C@H](CCO)C2)c1C. The Hall–Kier alpha value is -0.910. The third-order valence-corrected chi connectivity index (χ3v) is 6.40. The van der Waals surface area contributed by atoms with Crippen LogP contribution in [0, 0.1) is 12.8 Å². The molecule has 0 bridgehead atoms. The van der Waals surface area contributed by atoms with Crippen molar-refractivity contribution in [2.45, 2.75) is 77.9 Å². The fourth-order valence-corrected chi connectivity index (χ4v) is 4.78. The maximum atomic E-state index is 9.57. The molecule has 0 aromatic carbocycles. The second kappa shape index (κ2) is 9.86. The number of hydrogen-bond donors (Lipinski definition) is 1. The molecule has 0 spiro atoms. The number of nitrogens with zero attached hydrogens (tertiary/aromatic N) is 4. The average Bonchev–Trinajstić information content (AvgIpc) is 2.99. The lowest BCUT2D eigenvalue weighted by Gasteiger charge is -2.43. The van der Waals surface area contributed by atoms with Gasteiger partial charge in [0.05, 0.1) is 6.20 Å². The van der Waals surface area contributed by atoms with Crippen molar-refractivity contribution in [3.05, 3.63) is 17.5 Å². The number of hydrogen-bond acceptors (Lipinski definition) is 4. The molecule has 5 nitrogen and oxygen atoms in total. The summed E-state index contributed by atoms with van der Waals surface area (Å²) in [6.45, 7) is 11.3. The van der Waals surface area contributed by atoms with Gasteiger partial charge in [-0.1, -0.05) is 26.2 Å². The molecule has 2 fully saturated rings.